The van der Waals surface area contributed by atoms with E-state index in [4.69, 9.17) is 0 Å². The van der Waals surface area contributed by atoms with Crippen LogP contribution in [-0.2, 0) is 4.57 Å². The van der Waals surface area contributed by atoms with Gasteiger partial charge in [-0.2, -0.15) is 0 Å². The van der Waals surface area contributed by atoms with Crippen molar-refractivity contribution in [3.63, 3.8) is 0 Å². The summed E-state index contributed by atoms with van der Waals surface area (Å²) >= 11 is 0. The predicted octanol–water partition coefficient (Wildman–Crippen LogP) is 2.71. The second-order valence-corrected chi connectivity index (χ2v) is 7.13. The summed E-state index contributed by atoms with van der Waals surface area (Å²) in [7, 11) is -1.98. The molecule has 2 rings (SSSR count). The van der Waals surface area contributed by atoms with Crippen LogP contribution in [0.1, 0.15) is 13.3 Å². The molecule has 0 N–H and O–H groups in total. The molecule has 0 bridgehead atoms. The maximum atomic E-state index is 12.4. The molecule has 1 aromatic carbocycles. The topological polar surface area (TPSA) is 17.1 Å². The van der Waals surface area contributed by atoms with Crippen molar-refractivity contribution in [3.05, 3.63) is 30.3 Å². The summed E-state index contributed by atoms with van der Waals surface area (Å²) in [5, 5.41) is 1.08. The standard InChI is InChI=1S/C11H15OP/c1-10-7-8-13(12,9-10)11-5-3-2-4-6-11/h2-6,10H,7-9H2,1H3/t10-,13?/m0/s1. The Labute approximate surface area is 79.5 Å². The molecular weight excluding hydrogens is 179 g/mol. The van der Waals surface area contributed by atoms with E-state index >= 15 is 0 Å². The Hall–Kier alpha value is -0.550. The van der Waals surface area contributed by atoms with Gasteiger partial charge in [-0.1, -0.05) is 37.3 Å². The van der Waals surface area contributed by atoms with Gasteiger partial charge in [0, 0.05) is 17.6 Å². The van der Waals surface area contributed by atoms with E-state index in [1.54, 1.807) is 0 Å². The third kappa shape index (κ3) is 1.71. The fraction of sp³-hybridized carbons (Fsp3) is 0.455. The Kier molecular flexibility index (Phi) is 2.29. The molecule has 0 aliphatic carbocycles. The molecule has 0 saturated carbocycles. The molecule has 13 heavy (non-hydrogen) atoms. The van der Waals surface area contributed by atoms with Crippen molar-refractivity contribution in [1.29, 1.82) is 0 Å². The van der Waals surface area contributed by atoms with Gasteiger partial charge in [-0.15, -0.1) is 0 Å². The Morgan fingerprint density at radius 3 is 2.54 bits per heavy atom. The molecular formula is C11H15OP. The molecule has 1 fully saturated rings. The Balaban J connectivity index is 2.32. The fourth-order valence-electron chi connectivity index (χ4n) is 2.05. The zero-order valence-corrected chi connectivity index (χ0v) is 8.84. The number of hydrogen-bond donors (Lipinski definition) is 0. The van der Waals surface area contributed by atoms with Crippen LogP contribution < -0.4 is 5.30 Å². The molecule has 2 atom stereocenters. The molecule has 1 aromatic rings. The van der Waals surface area contributed by atoms with Crippen molar-refractivity contribution in [2.24, 2.45) is 5.92 Å². The lowest BCUT2D eigenvalue weighted by molar-refractivity contribution is 0.583. The van der Waals surface area contributed by atoms with Gasteiger partial charge in [0.15, 0.2) is 0 Å². The zero-order valence-electron chi connectivity index (χ0n) is 7.94. The average Bonchev–Trinajstić information content (AvgIpc) is 2.49. The Morgan fingerprint density at radius 2 is 2.00 bits per heavy atom. The van der Waals surface area contributed by atoms with Crippen molar-refractivity contribution in [1.82, 2.24) is 0 Å². The van der Waals surface area contributed by atoms with Crippen LogP contribution >= 0.6 is 7.14 Å². The summed E-state index contributed by atoms with van der Waals surface area (Å²) in [6, 6.07) is 9.97. The van der Waals surface area contributed by atoms with Crippen molar-refractivity contribution in [2.45, 2.75) is 13.3 Å². The first-order chi connectivity index (χ1) is 6.21. The summed E-state index contributed by atoms with van der Waals surface area (Å²) in [4.78, 5) is 0. The lowest BCUT2D eigenvalue weighted by Crippen LogP contribution is -2.05. The number of rotatable bonds is 1. The summed E-state index contributed by atoms with van der Waals surface area (Å²) in [6.45, 7) is 2.20. The van der Waals surface area contributed by atoms with Crippen molar-refractivity contribution in [3.8, 4) is 0 Å². The Bertz CT molecular complexity index is 331. The van der Waals surface area contributed by atoms with E-state index in [1.165, 1.54) is 0 Å². The highest BCUT2D eigenvalue weighted by Gasteiger charge is 2.32. The van der Waals surface area contributed by atoms with E-state index in [-0.39, 0.29) is 0 Å². The molecule has 0 spiro atoms. The van der Waals surface area contributed by atoms with Gasteiger partial charge >= 0.3 is 0 Å². The Morgan fingerprint density at radius 1 is 1.31 bits per heavy atom. The summed E-state index contributed by atoms with van der Waals surface area (Å²) in [5.41, 5.74) is 0. The van der Waals surface area contributed by atoms with Crippen molar-refractivity contribution in [2.75, 3.05) is 12.3 Å². The number of benzene rings is 1. The molecule has 1 aliphatic heterocycles. The molecule has 0 amide bonds. The van der Waals surface area contributed by atoms with Crippen LogP contribution in [0.4, 0.5) is 0 Å². The minimum atomic E-state index is -1.98. The predicted molar refractivity (Wildman–Crippen MR) is 57.2 cm³/mol. The van der Waals surface area contributed by atoms with Crippen LogP contribution in [0.5, 0.6) is 0 Å². The minimum Gasteiger partial charge on any atom is -0.319 e. The maximum absolute atomic E-state index is 12.4. The summed E-state index contributed by atoms with van der Waals surface area (Å²) in [5.74, 6) is 0.644. The van der Waals surface area contributed by atoms with E-state index in [0.29, 0.717) is 5.92 Å². The van der Waals surface area contributed by atoms with Gasteiger partial charge in [0.05, 0.1) is 0 Å². The highest BCUT2D eigenvalue weighted by molar-refractivity contribution is 7.71. The molecule has 1 aliphatic rings. The molecule has 1 saturated heterocycles. The third-order valence-electron chi connectivity index (χ3n) is 2.82. The van der Waals surface area contributed by atoms with Gasteiger partial charge in [-0.05, 0) is 12.3 Å². The van der Waals surface area contributed by atoms with E-state index < -0.39 is 7.14 Å². The van der Waals surface area contributed by atoms with E-state index in [0.717, 1.165) is 24.0 Å². The van der Waals surface area contributed by atoms with Crippen LogP contribution in [-0.4, -0.2) is 12.3 Å². The van der Waals surface area contributed by atoms with E-state index in [1.807, 2.05) is 30.3 Å². The lowest BCUT2D eigenvalue weighted by atomic mass is 10.2. The van der Waals surface area contributed by atoms with Crippen LogP contribution in [0.15, 0.2) is 30.3 Å². The summed E-state index contributed by atoms with van der Waals surface area (Å²) in [6.07, 6.45) is 2.96. The molecule has 2 heteroatoms. The molecule has 1 unspecified atom stereocenters. The zero-order chi connectivity index (χ0) is 9.31. The highest BCUT2D eigenvalue weighted by atomic mass is 31.2. The third-order valence-corrected chi connectivity index (χ3v) is 6.25. The van der Waals surface area contributed by atoms with E-state index in [9.17, 15) is 4.57 Å². The largest absolute Gasteiger partial charge is 0.319 e. The summed E-state index contributed by atoms with van der Waals surface area (Å²) < 4.78 is 12.4. The monoisotopic (exact) mass is 194 g/mol. The van der Waals surface area contributed by atoms with Gasteiger partial charge in [-0.25, -0.2) is 0 Å². The molecule has 0 radical (unpaired) electrons. The van der Waals surface area contributed by atoms with Gasteiger partial charge in [0.1, 0.15) is 7.14 Å². The maximum Gasteiger partial charge on any atom is 0.115 e. The van der Waals surface area contributed by atoms with Gasteiger partial charge in [0.2, 0.25) is 0 Å². The van der Waals surface area contributed by atoms with Gasteiger partial charge in [-0.3, -0.25) is 0 Å². The second-order valence-electron chi connectivity index (χ2n) is 4.02. The first-order valence-corrected chi connectivity index (χ1v) is 6.92. The average molecular weight is 194 g/mol. The van der Waals surface area contributed by atoms with Crippen molar-refractivity contribution >= 4 is 12.4 Å². The minimum absolute atomic E-state index is 0.644. The lowest BCUT2D eigenvalue weighted by Gasteiger charge is -2.10. The van der Waals surface area contributed by atoms with Crippen LogP contribution in [0.25, 0.3) is 0 Å². The molecule has 0 aromatic heterocycles. The first kappa shape index (κ1) is 9.02. The van der Waals surface area contributed by atoms with Gasteiger partial charge in [0.25, 0.3) is 0 Å². The smallest absolute Gasteiger partial charge is 0.115 e. The molecule has 1 heterocycles. The SMILES string of the molecule is C[C@H]1CCP(=O)(c2ccccc2)C1. The van der Waals surface area contributed by atoms with Crippen LogP contribution in [0.3, 0.4) is 0 Å². The number of hydrogen-bond acceptors (Lipinski definition) is 1. The second kappa shape index (κ2) is 3.31. The quantitative estimate of drug-likeness (QED) is 0.628. The van der Waals surface area contributed by atoms with Crippen molar-refractivity contribution < 1.29 is 4.57 Å². The highest BCUT2D eigenvalue weighted by Crippen LogP contribution is 2.52. The van der Waals surface area contributed by atoms with Crippen LogP contribution in [0, 0.1) is 5.92 Å². The fourth-order valence-corrected chi connectivity index (χ4v) is 5.46. The molecule has 70 valence electrons. The first-order valence-electron chi connectivity index (χ1n) is 4.84. The normalized spacial score (nSPS) is 33.5. The van der Waals surface area contributed by atoms with Crippen LogP contribution in [0.2, 0.25) is 0 Å². The van der Waals surface area contributed by atoms with E-state index in [2.05, 4.69) is 6.92 Å². The van der Waals surface area contributed by atoms with Gasteiger partial charge < -0.3 is 4.57 Å². The molecule has 1 nitrogen and oxygen atoms in total.